The van der Waals surface area contributed by atoms with Gasteiger partial charge in [-0.15, -0.1) is 0 Å². The van der Waals surface area contributed by atoms with Crippen molar-refractivity contribution in [2.24, 2.45) is 0 Å². The number of hydrogen-bond acceptors (Lipinski definition) is 2. The van der Waals surface area contributed by atoms with Crippen molar-refractivity contribution in [3.8, 4) is 0 Å². The predicted octanol–water partition coefficient (Wildman–Crippen LogP) is 3.13. The Morgan fingerprint density at radius 3 is 2.22 bits per heavy atom. The molecule has 18 heavy (non-hydrogen) atoms. The van der Waals surface area contributed by atoms with Gasteiger partial charge >= 0.3 is 11.9 Å². The Bertz CT molecular complexity index is 473. The van der Waals surface area contributed by atoms with Gasteiger partial charge in [-0.2, -0.15) is 0 Å². The van der Waals surface area contributed by atoms with Gasteiger partial charge in [0.05, 0.1) is 11.1 Å². The maximum Gasteiger partial charge on any atom is 0.336 e. The first-order chi connectivity index (χ1) is 8.61. The van der Waals surface area contributed by atoms with Gasteiger partial charge < -0.3 is 10.2 Å². The molecule has 0 heterocycles. The maximum atomic E-state index is 11.3. The van der Waals surface area contributed by atoms with Crippen molar-refractivity contribution in [2.45, 2.75) is 38.0 Å². The Labute approximate surface area is 105 Å². The number of carboxylic acids is 2. The van der Waals surface area contributed by atoms with Crippen molar-refractivity contribution in [1.82, 2.24) is 0 Å². The zero-order chi connectivity index (χ0) is 13.1. The van der Waals surface area contributed by atoms with E-state index in [2.05, 4.69) is 0 Å². The van der Waals surface area contributed by atoms with Gasteiger partial charge in [0.15, 0.2) is 0 Å². The third-order valence-corrected chi connectivity index (χ3v) is 3.59. The highest BCUT2D eigenvalue weighted by Gasteiger charge is 2.25. The summed E-state index contributed by atoms with van der Waals surface area (Å²) in [4.78, 5) is 22.4. The molecule has 0 unspecified atom stereocenters. The summed E-state index contributed by atoms with van der Waals surface area (Å²) in [7, 11) is 0. The third-order valence-electron chi connectivity index (χ3n) is 3.59. The summed E-state index contributed by atoms with van der Waals surface area (Å²) >= 11 is 0. The van der Waals surface area contributed by atoms with Gasteiger partial charge in [0.2, 0.25) is 0 Å². The molecular weight excluding hydrogens is 232 g/mol. The Morgan fingerprint density at radius 2 is 1.67 bits per heavy atom. The van der Waals surface area contributed by atoms with Crippen LogP contribution in [0.1, 0.15) is 64.3 Å². The molecule has 0 aliphatic heterocycles. The molecule has 0 atom stereocenters. The van der Waals surface area contributed by atoms with Crippen LogP contribution in [0.25, 0.3) is 0 Å². The fraction of sp³-hybridized carbons (Fsp3) is 0.429. The molecule has 1 aromatic rings. The van der Waals surface area contributed by atoms with E-state index in [1.807, 2.05) is 0 Å². The van der Waals surface area contributed by atoms with Gasteiger partial charge in [-0.25, -0.2) is 9.59 Å². The van der Waals surface area contributed by atoms with Crippen LogP contribution in [0.5, 0.6) is 0 Å². The summed E-state index contributed by atoms with van der Waals surface area (Å²) in [5, 5.41) is 18.3. The van der Waals surface area contributed by atoms with E-state index in [-0.39, 0.29) is 17.0 Å². The summed E-state index contributed by atoms with van der Waals surface area (Å²) in [5.74, 6) is -2.14. The molecule has 2 rings (SSSR count). The normalized spacial score (nSPS) is 16.4. The smallest absolute Gasteiger partial charge is 0.336 e. The third kappa shape index (κ3) is 2.37. The fourth-order valence-corrected chi connectivity index (χ4v) is 2.74. The van der Waals surface area contributed by atoms with Crippen LogP contribution in [0, 0.1) is 0 Å². The van der Waals surface area contributed by atoms with Gasteiger partial charge in [-0.05, 0) is 30.4 Å². The lowest BCUT2D eigenvalue weighted by atomic mass is 9.81. The van der Waals surface area contributed by atoms with Gasteiger partial charge in [0.25, 0.3) is 0 Å². The van der Waals surface area contributed by atoms with Crippen LogP contribution in [0.4, 0.5) is 0 Å². The average Bonchev–Trinajstić information content (AvgIpc) is 2.38. The monoisotopic (exact) mass is 248 g/mol. The predicted molar refractivity (Wildman–Crippen MR) is 66.2 cm³/mol. The van der Waals surface area contributed by atoms with Crippen molar-refractivity contribution >= 4 is 11.9 Å². The number of carbonyl (C=O) groups is 2. The van der Waals surface area contributed by atoms with E-state index in [4.69, 9.17) is 5.11 Å². The van der Waals surface area contributed by atoms with E-state index < -0.39 is 11.9 Å². The van der Waals surface area contributed by atoms with E-state index in [9.17, 15) is 14.7 Å². The Hall–Kier alpha value is -1.84. The summed E-state index contributed by atoms with van der Waals surface area (Å²) in [5.41, 5.74) is 0.546. The summed E-state index contributed by atoms with van der Waals surface area (Å²) in [6.45, 7) is 0. The van der Waals surface area contributed by atoms with E-state index >= 15 is 0 Å². The minimum absolute atomic E-state index is 0.0306. The summed E-state index contributed by atoms with van der Waals surface area (Å²) in [6, 6.07) is 4.75. The first-order valence-corrected chi connectivity index (χ1v) is 6.20. The minimum Gasteiger partial charge on any atom is -0.478 e. The van der Waals surface area contributed by atoms with Gasteiger partial charge in [-0.3, -0.25) is 0 Å². The molecule has 0 radical (unpaired) electrons. The molecule has 1 fully saturated rings. The molecule has 0 saturated heterocycles. The zero-order valence-electron chi connectivity index (χ0n) is 10.1. The highest BCUT2D eigenvalue weighted by molar-refractivity contribution is 6.02. The quantitative estimate of drug-likeness (QED) is 0.861. The van der Waals surface area contributed by atoms with Gasteiger partial charge in [-0.1, -0.05) is 31.4 Å². The summed E-state index contributed by atoms with van der Waals surface area (Å²) in [6.07, 6.45) is 5.24. The lowest BCUT2D eigenvalue weighted by molar-refractivity contribution is 0.0649. The second-order valence-electron chi connectivity index (χ2n) is 4.72. The number of carboxylic acid groups (broad SMARTS) is 2. The minimum atomic E-state index is -1.18. The van der Waals surface area contributed by atoms with Crippen molar-refractivity contribution < 1.29 is 19.8 Å². The fourth-order valence-electron chi connectivity index (χ4n) is 2.74. The van der Waals surface area contributed by atoms with E-state index in [1.54, 1.807) is 12.1 Å². The topological polar surface area (TPSA) is 74.6 Å². The Morgan fingerprint density at radius 1 is 1.00 bits per heavy atom. The van der Waals surface area contributed by atoms with Crippen molar-refractivity contribution in [1.29, 1.82) is 0 Å². The molecular formula is C14H16O4. The van der Waals surface area contributed by atoms with Crippen LogP contribution in [0.15, 0.2) is 18.2 Å². The molecule has 4 nitrogen and oxygen atoms in total. The standard InChI is InChI=1S/C14H16O4/c15-13(16)11-8-4-7-10(12(11)14(17)18)9-5-2-1-3-6-9/h4,7-9H,1-3,5-6H2,(H,15,16)(H,17,18). The second kappa shape index (κ2) is 5.21. The molecule has 0 aromatic heterocycles. The molecule has 0 amide bonds. The highest BCUT2D eigenvalue weighted by atomic mass is 16.4. The van der Waals surface area contributed by atoms with E-state index in [1.165, 1.54) is 12.5 Å². The second-order valence-corrected chi connectivity index (χ2v) is 4.72. The molecule has 0 spiro atoms. The molecule has 1 aromatic carbocycles. The largest absolute Gasteiger partial charge is 0.478 e. The number of aromatic carboxylic acids is 2. The molecule has 0 bridgehead atoms. The van der Waals surface area contributed by atoms with Gasteiger partial charge in [0.1, 0.15) is 0 Å². The molecule has 4 heteroatoms. The highest BCUT2D eigenvalue weighted by Crippen LogP contribution is 2.35. The molecule has 1 saturated carbocycles. The maximum absolute atomic E-state index is 11.3. The lowest BCUT2D eigenvalue weighted by Crippen LogP contribution is -2.15. The first kappa shape index (κ1) is 12.6. The van der Waals surface area contributed by atoms with E-state index in [0.717, 1.165) is 25.7 Å². The molecule has 1 aliphatic carbocycles. The van der Waals surface area contributed by atoms with Crippen LogP contribution >= 0.6 is 0 Å². The van der Waals surface area contributed by atoms with Crippen LogP contribution in [-0.2, 0) is 0 Å². The SMILES string of the molecule is O=C(O)c1cccc(C2CCCCC2)c1C(=O)O. The summed E-state index contributed by atoms with van der Waals surface area (Å²) < 4.78 is 0. The van der Waals surface area contributed by atoms with Crippen LogP contribution in [0.2, 0.25) is 0 Å². The average molecular weight is 248 g/mol. The lowest BCUT2D eigenvalue weighted by Gasteiger charge is -2.23. The molecule has 1 aliphatic rings. The number of benzene rings is 1. The zero-order valence-corrected chi connectivity index (χ0v) is 10.1. The van der Waals surface area contributed by atoms with Crippen LogP contribution in [-0.4, -0.2) is 22.2 Å². The van der Waals surface area contributed by atoms with Crippen molar-refractivity contribution in [3.05, 3.63) is 34.9 Å². The molecule has 96 valence electrons. The van der Waals surface area contributed by atoms with Gasteiger partial charge in [0, 0.05) is 0 Å². The van der Waals surface area contributed by atoms with Crippen molar-refractivity contribution in [3.63, 3.8) is 0 Å². The number of rotatable bonds is 3. The number of hydrogen-bond donors (Lipinski definition) is 2. The van der Waals surface area contributed by atoms with Crippen LogP contribution in [0.3, 0.4) is 0 Å². The first-order valence-electron chi connectivity index (χ1n) is 6.20. The van der Waals surface area contributed by atoms with Crippen LogP contribution < -0.4 is 0 Å². The Balaban J connectivity index is 2.48. The van der Waals surface area contributed by atoms with E-state index in [0.29, 0.717) is 5.56 Å². The molecule has 2 N–H and O–H groups in total. The van der Waals surface area contributed by atoms with Crippen molar-refractivity contribution in [2.75, 3.05) is 0 Å². The Kier molecular flexibility index (Phi) is 3.65.